The molecule has 0 unspecified atom stereocenters. The molecule has 0 fully saturated rings. The van der Waals surface area contributed by atoms with Gasteiger partial charge in [0.1, 0.15) is 11.5 Å². The highest BCUT2D eigenvalue weighted by atomic mass is 16.5. The Morgan fingerprint density at radius 3 is 1.22 bits per heavy atom. The molecule has 23 heavy (non-hydrogen) atoms. The maximum Gasteiger partial charge on any atom is 0.335 e. The van der Waals surface area contributed by atoms with Crippen LogP contribution < -0.4 is 4.74 Å². The SMILES string of the molecule is O=C(O)c1ccc(Oc2ccc(C(=O)O)cc2)cc1.OCCO. The lowest BCUT2D eigenvalue weighted by Gasteiger charge is -2.06. The fourth-order valence-electron chi connectivity index (χ4n) is 1.47. The zero-order valence-corrected chi connectivity index (χ0v) is 12.0. The molecule has 0 atom stereocenters. The number of hydrogen-bond donors (Lipinski definition) is 4. The molecule has 0 bridgehead atoms. The number of carboxylic acid groups (broad SMARTS) is 2. The molecule has 0 saturated heterocycles. The third-order valence-electron chi connectivity index (χ3n) is 2.54. The maximum atomic E-state index is 10.7. The predicted molar refractivity (Wildman–Crippen MR) is 81.0 cm³/mol. The molecule has 7 nitrogen and oxygen atoms in total. The molecule has 7 heteroatoms. The number of carbonyl (C=O) groups is 2. The Balaban J connectivity index is 0.000000593. The van der Waals surface area contributed by atoms with Gasteiger partial charge >= 0.3 is 11.9 Å². The van der Waals surface area contributed by atoms with Crippen LogP contribution >= 0.6 is 0 Å². The lowest BCUT2D eigenvalue weighted by Crippen LogP contribution is -1.96. The van der Waals surface area contributed by atoms with E-state index in [9.17, 15) is 9.59 Å². The average molecular weight is 320 g/mol. The number of ether oxygens (including phenoxy) is 1. The molecule has 2 aromatic carbocycles. The highest BCUT2D eigenvalue weighted by Gasteiger charge is 2.04. The molecule has 0 aromatic heterocycles. The second kappa shape index (κ2) is 9.19. The van der Waals surface area contributed by atoms with Crippen molar-refractivity contribution in [2.24, 2.45) is 0 Å². The first kappa shape index (κ1) is 18.1. The van der Waals surface area contributed by atoms with Crippen LogP contribution in [-0.4, -0.2) is 45.6 Å². The second-order valence-corrected chi connectivity index (χ2v) is 4.21. The summed E-state index contributed by atoms with van der Waals surface area (Å²) in [7, 11) is 0. The third-order valence-corrected chi connectivity index (χ3v) is 2.54. The minimum atomic E-state index is -1.00. The van der Waals surface area contributed by atoms with Gasteiger partial charge in [-0.2, -0.15) is 0 Å². The summed E-state index contributed by atoms with van der Waals surface area (Å²) in [6.45, 7) is -0.250. The minimum absolute atomic E-state index is 0.125. The summed E-state index contributed by atoms with van der Waals surface area (Å²) in [4.78, 5) is 21.4. The van der Waals surface area contributed by atoms with Crippen LogP contribution in [0.2, 0.25) is 0 Å². The Morgan fingerprint density at radius 2 is 1.00 bits per heavy atom. The zero-order valence-electron chi connectivity index (χ0n) is 12.0. The van der Waals surface area contributed by atoms with Crippen LogP contribution in [0.1, 0.15) is 20.7 Å². The van der Waals surface area contributed by atoms with Gasteiger partial charge in [0.05, 0.1) is 24.3 Å². The zero-order chi connectivity index (χ0) is 17.2. The number of aliphatic hydroxyl groups is 2. The van der Waals surface area contributed by atoms with Gasteiger partial charge in [0, 0.05) is 0 Å². The van der Waals surface area contributed by atoms with E-state index in [1.807, 2.05) is 0 Å². The Hall–Kier alpha value is -2.90. The average Bonchev–Trinajstić information content (AvgIpc) is 2.56. The molecule has 0 aliphatic carbocycles. The molecule has 0 aliphatic heterocycles. The van der Waals surface area contributed by atoms with Gasteiger partial charge in [-0.05, 0) is 48.5 Å². The first-order valence-electron chi connectivity index (χ1n) is 6.54. The summed E-state index contributed by atoms with van der Waals surface area (Å²) in [5.74, 6) is -1.05. The molecule has 0 amide bonds. The largest absolute Gasteiger partial charge is 0.478 e. The molecule has 2 rings (SSSR count). The Morgan fingerprint density at radius 1 is 0.696 bits per heavy atom. The third kappa shape index (κ3) is 6.16. The normalized spacial score (nSPS) is 9.48. The van der Waals surface area contributed by atoms with E-state index < -0.39 is 11.9 Å². The molecule has 2 aromatic rings. The molecular weight excluding hydrogens is 304 g/mol. The van der Waals surface area contributed by atoms with Crippen LogP contribution in [0.5, 0.6) is 11.5 Å². The van der Waals surface area contributed by atoms with Crippen molar-refractivity contribution in [3.63, 3.8) is 0 Å². The molecule has 0 spiro atoms. The molecule has 4 N–H and O–H groups in total. The van der Waals surface area contributed by atoms with Crippen molar-refractivity contribution in [3.8, 4) is 11.5 Å². The Bertz CT molecular complexity index is 575. The lowest BCUT2D eigenvalue weighted by molar-refractivity contribution is 0.0686. The molecule has 0 heterocycles. The van der Waals surface area contributed by atoms with Crippen molar-refractivity contribution in [2.45, 2.75) is 0 Å². The fourth-order valence-corrected chi connectivity index (χ4v) is 1.47. The van der Waals surface area contributed by atoms with Gasteiger partial charge in [0.2, 0.25) is 0 Å². The summed E-state index contributed by atoms with van der Waals surface area (Å²) in [5.41, 5.74) is 0.349. The van der Waals surface area contributed by atoms with Crippen molar-refractivity contribution < 1.29 is 34.8 Å². The first-order chi connectivity index (χ1) is 11.0. The number of benzene rings is 2. The number of aromatic carboxylic acids is 2. The standard InChI is InChI=1S/C14H10O5.C2H6O2/c15-13(16)9-1-5-11(6-2-9)19-12-7-3-10(4-8-12)14(17)18;3-1-2-4/h1-8H,(H,15,16)(H,17,18);3-4H,1-2H2. The second-order valence-electron chi connectivity index (χ2n) is 4.21. The van der Waals surface area contributed by atoms with Crippen molar-refractivity contribution in [1.29, 1.82) is 0 Å². The van der Waals surface area contributed by atoms with Gasteiger partial charge in [-0.25, -0.2) is 9.59 Å². The number of rotatable bonds is 5. The predicted octanol–water partition coefficient (Wildman–Crippen LogP) is 1.85. The molecule has 122 valence electrons. The van der Waals surface area contributed by atoms with Crippen LogP contribution in [0.3, 0.4) is 0 Å². The van der Waals surface area contributed by atoms with E-state index in [4.69, 9.17) is 25.2 Å². The van der Waals surface area contributed by atoms with Gasteiger partial charge in [0.25, 0.3) is 0 Å². The Kier molecular flexibility index (Phi) is 7.25. The lowest BCUT2D eigenvalue weighted by atomic mass is 10.2. The fraction of sp³-hybridized carbons (Fsp3) is 0.125. The van der Waals surface area contributed by atoms with E-state index in [0.29, 0.717) is 11.5 Å². The topological polar surface area (TPSA) is 124 Å². The van der Waals surface area contributed by atoms with Crippen LogP contribution in [0, 0.1) is 0 Å². The summed E-state index contributed by atoms with van der Waals surface area (Å²) >= 11 is 0. The quantitative estimate of drug-likeness (QED) is 0.662. The highest BCUT2D eigenvalue weighted by Crippen LogP contribution is 2.22. The van der Waals surface area contributed by atoms with E-state index in [1.165, 1.54) is 48.5 Å². The van der Waals surface area contributed by atoms with Crippen molar-refractivity contribution in [3.05, 3.63) is 59.7 Å². The van der Waals surface area contributed by atoms with Gasteiger partial charge in [-0.3, -0.25) is 0 Å². The van der Waals surface area contributed by atoms with Gasteiger partial charge < -0.3 is 25.2 Å². The molecule has 0 saturated carbocycles. The van der Waals surface area contributed by atoms with Crippen molar-refractivity contribution in [1.82, 2.24) is 0 Å². The van der Waals surface area contributed by atoms with Gasteiger partial charge in [-0.1, -0.05) is 0 Å². The molecular formula is C16H16O7. The van der Waals surface area contributed by atoms with Crippen molar-refractivity contribution in [2.75, 3.05) is 13.2 Å². The number of hydrogen-bond acceptors (Lipinski definition) is 5. The summed E-state index contributed by atoms with van der Waals surface area (Å²) in [6, 6.07) is 11.9. The van der Waals surface area contributed by atoms with Crippen LogP contribution in [0.25, 0.3) is 0 Å². The Labute approximate surface area is 132 Å². The molecule has 0 radical (unpaired) electrons. The van der Waals surface area contributed by atoms with E-state index in [2.05, 4.69) is 0 Å². The van der Waals surface area contributed by atoms with E-state index >= 15 is 0 Å². The van der Waals surface area contributed by atoms with Crippen LogP contribution in [0.15, 0.2) is 48.5 Å². The van der Waals surface area contributed by atoms with E-state index in [-0.39, 0.29) is 24.3 Å². The minimum Gasteiger partial charge on any atom is -0.478 e. The van der Waals surface area contributed by atoms with E-state index in [0.717, 1.165) is 0 Å². The maximum absolute atomic E-state index is 10.7. The summed E-state index contributed by atoms with van der Waals surface area (Å²) < 4.78 is 5.46. The molecule has 0 aliphatic rings. The summed E-state index contributed by atoms with van der Waals surface area (Å²) in [5, 5.41) is 32.8. The van der Waals surface area contributed by atoms with E-state index in [1.54, 1.807) is 0 Å². The van der Waals surface area contributed by atoms with Crippen LogP contribution in [0.4, 0.5) is 0 Å². The first-order valence-corrected chi connectivity index (χ1v) is 6.54. The number of aliphatic hydroxyl groups excluding tert-OH is 2. The summed E-state index contributed by atoms with van der Waals surface area (Å²) in [6.07, 6.45) is 0. The van der Waals surface area contributed by atoms with Gasteiger partial charge in [-0.15, -0.1) is 0 Å². The van der Waals surface area contributed by atoms with Crippen molar-refractivity contribution >= 4 is 11.9 Å². The highest BCUT2D eigenvalue weighted by molar-refractivity contribution is 5.88. The van der Waals surface area contributed by atoms with Gasteiger partial charge in [0.15, 0.2) is 0 Å². The number of carboxylic acids is 2. The van der Waals surface area contributed by atoms with Crippen LogP contribution in [-0.2, 0) is 0 Å². The smallest absolute Gasteiger partial charge is 0.335 e. The monoisotopic (exact) mass is 320 g/mol.